The van der Waals surface area contributed by atoms with Crippen molar-refractivity contribution in [2.24, 2.45) is 11.8 Å². The summed E-state index contributed by atoms with van der Waals surface area (Å²) in [6.45, 7) is 1.22. The molecular weight excluding hydrogens is 260 g/mol. The Morgan fingerprint density at radius 3 is 1.42 bits per heavy atom. The van der Waals surface area contributed by atoms with E-state index in [1.807, 2.05) is 0 Å². The molecule has 0 heterocycles. The average molecular weight is 288 g/mol. The summed E-state index contributed by atoms with van der Waals surface area (Å²) in [4.78, 5) is 0. The maximum absolute atomic E-state index is 11.9. The Balaban J connectivity index is 1.65. The quantitative estimate of drug-likeness (QED) is 0.789. The molecule has 2 fully saturated rings. The first-order valence-corrected chi connectivity index (χ1v) is 9.38. The molecule has 112 valence electrons. The largest absolute Gasteiger partial charge is 0.276 e. The fourth-order valence-corrected chi connectivity index (χ4v) is 4.30. The molecule has 0 aromatic rings. The zero-order chi connectivity index (χ0) is 13.6. The smallest absolute Gasteiger partial charge is 0.202 e. The van der Waals surface area contributed by atoms with Crippen LogP contribution in [0.2, 0.25) is 0 Å². The van der Waals surface area contributed by atoms with Gasteiger partial charge < -0.3 is 0 Å². The standard InChI is InChI=1S/C14H28N2O2S/c17-19(18,15-11-13-7-3-1-4-8-13)16-12-14-9-5-2-6-10-14/h13-16H,1-12H2. The molecule has 0 aromatic heterocycles. The lowest BCUT2D eigenvalue weighted by atomic mass is 9.90. The highest BCUT2D eigenvalue weighted by Crippen LogP contribution is 2.24. The summed E-state index contributed by atoms with van der Waals surface area (Å²) in [5, 5.41) is 0. The highest BCUT2D eigenvalue weighted by molar-refractivity contribution is 7.87. The van der Waals surface area contributed by atoms with Crippen molar-refractivity contribution in [3.05, 3.63) is 0 Å². The molecule has 0 unspecified atom stereocenters. The molecule has 5 heteroatoms. The Bertz CT molecular complexity index is 316. The molecule has 2 rings (SSSR count). The predicted molar refractivity (Wildman–Crippen MR) is 78.1 cm³/mol. The van der Waals surface area contributed by atoms with Gasteiger partial charge in [0.1, 0.15) is 0 Å². The van der Waals surface area contributed by atoms with Gasteiger partial charge in [0.2, 0.25) is 0 Å². The van der Waals surface area contributed by atoms with Crippen molar-refractivity contribution in [1.82, 2.24) is 9.44 Å². The summed E-state index contributed by atoms with van der Waals surface area (Å²) >= 11 is 0. The van der Waals surface area contributed by atoms with Gasteiger partial charge in [0.25, 0.3) is 10.2 Å². The second-order valence-corrected chi connectivity index (χ2v) is 7.79. The van der Waals surface area contributed by atoms with Crippen molar-refractivity contribution in [1.29, 1.82) is 0 Å². The third kappa shape index (κ3) is 5.79. The van der Waals surface area contributed by atoms with E-state index in [9.17, 15) is 8.42 Å². The van der Waals surface area contributed by atoms with E-state index < -0.39 is 10.2 Å². The molecule has 0 bridgehead atoms. The summed E-state index contributed by atoms with van der Waals surface area (Å²) in [6, 6.07) is 0. The van der Waals surface area contributed by atoms with E-state index in [4.69, 9.17) is 0 Å². The molecule has 0 aliphatic heterocycles. The van der Waals surface area contributed by atoms with Crippen LogP contribution in [0.25, 0.3) is 0 Å². The normalized spacial score (nSPS) is 23.6. The predicted octanol–water partition coefficient (Wildman–Crippen LogP) is 2.57. The molecule has 0 saturated heterocycles. The van der Waals surface area contributed by atoms with Crippen LogP contribution in [0.3, 0.4) is 0 Å². The van der Waals surface area contributed by atoms with Gasteiger partial charge in [0.15, 0.2) is 0 Å². The summed E-state index contributed by atoms with van der Waals surface area (Å²) < 4.78 is 29.2. The lowest BCUT2D eigenvalue weighted by Gasteiger charge is -2.23. The number of rotatable bonds is 6. The maximum atomic E-state index is 11.9. The van der Waals surface area contributed by atoms with E-state index in [1.54, 1.807) is 0 Å². The van der Waals surface area contributed by atoms with Crippen LogP contribution >= 0.6 is 0 Å². The molecule has 0 atom stereocenters. The Morgan fingerprint density at radius 2 is 1.05 bits per heavy atom. The molecule has 0 spiro atoms. The molecule has 2 aliphatic carbocycles. The highest BCUT2D eigenvalue weighted by atomic mass is 32.2. The van der Waals surface area contributed by atoms with E-state index in [-0.39, 0.29) is 0 Å². The van der Waals surface area contributed by atoms with Crippen LogP contribution in [0, 0.1) is 11.8 Å². The van der Waals surface area contributed by atoms with Gasteiger partial charge in [0, 0.05) is 13.1 Å². The Kier molecular flexibility index (Phi) is 6.10. The molecule has 0 amide bonds. The van der Waals surface area contributed by atoms with Gasteiger partial charge in [-0.1, -0.05) is 38.5 Å². The number of hydrogen-bond acceptors (Lipinski definition) is 2. The van der Waals surface area contributed by atoms with Crippen molar-refractivity contribution < 1.29 is 8.42 Å². The van der Waals surface area contributed by atoms with Crippen LogP contribution in [0.15, 0.2) is 0 Å². The van der Waals surface area contributed by atoms with E-state index in [2.05, 4.69) is 9.44 Å². The zero-order valence-corrected chi connectivity index (χ0v) is 12.7. The molecule has 2 saturated carbocycles. The Labute approximate surface area is 117 Å². The minimum absolute atomic E-state index is 0.542. The molecule has 0 aromatic carbocycles. The molecule has 2 N–H and O–H groups in total. The molecule has 2 aliphatic rings. The van der Waals surface area contributed by atoms with Crippen LogP contribution in [0.1, 0.15) is 64.2 Å². The first-order valence-electron chi connectivity index (χ1n) is 7.90. The van der Waals surface area contributed by atoms with Crippen LogP contribution < -0.4 is 9.44 Å². The third-order valence-electron chi connectivity index (χ3n) is 4.57. The molecule has 0 radical (unpaired) electrons. The van der Waals surface area contributed by atoms with Crippen molar-refractivity contribution in [3.8, 4) is 0 Å². The van der Waals surface area contributed by atoms with Gasteiger partial charge in [-0.3, -0.25) is 0 Å². The number of hydrogen-bond donors (Lipinski definition) is 2. The summed E-state index contributed by atoms with van der Waals surface area (Å²) in [5.41, 5.74) is 0. The summed E-state index contributed by atoms with van der Waals surface area (Å²) in [5.74, 6) is 1.08. The molecular formula is C14H28N2O2S. The Morgan fingerprint density at radius 1 is 0.684 bits per heavy atom. The van der Waals surface area contributed by atoms with Crippen molar-refractivity contribution >= 4 is 10.2 Å². The fourth-order valence-electron chi connectivity index (χ4n) is 3.29. The van der Waals surface area contributed by atoms with Crippen LogP contribution in [-0.4, -0.2) is 21.5 Å². The van der Waals surface area contributed by atoms with Gasteiger partial charge in [-0.25, -0.2) is 9.44 Å². The second-order valence-electron chi connectivity index (χ2n) is 6.21. The lowest BCUT2D eigenvalue weighted by molar-refractivity contribution is 0.349. The monoisotopic (exact) mass is 288 g/mol. The first kappa shape index (κ1) is 15.3. The van der Waals surface area contributed by atoms with Crippen molar-refractivity contribution in [2.45, 2.75) is 64.2 Å². The van der Waals surface area contributed by atoms with E-state index >= 15 is 0 Å². The van der Waals surface area contributed by atoms with Gasteiger partial charge in [-0.2, -0.15) is 8.42 Å². The van der Waals surface area contributed by atoms with Gasteiger partial charge in [0.05, 0.1) is 0 Å². The summed E-state index contributed by atoms with van der Waals surface area (Å²) in [7, 11) is -3.28. The average Bonchev–Trinajstić information content (AvgIpc) is 2.46. The SMILES string of the molecule is O=S(=O)(NCC1CCCCC1)NCC1CCCCC1. The van der Waals surface area contributed by atoms with Gasteiger partial charge >= 0.3 is 0 Å². The topological polar surface area (TPSA) is 58.2 Å². The zero-order valence-electron chi connectivity index (χ0n) is 11.9. The third-order valence-corrected chi connectivity index (χ3v) is 5.67. The van der Waals surface area contributed by atoms with Gasteiger partial charge in [-0.05, 0) is 37.5 Å². The molecule has 19 heavy (non-hydrogen) atoms. The summed E-state index contributed by atoms with van der Waals surface area (Å²) in [6.07, 6.45) is 12.3. The fraction of sp³-hybridized carbons (Fsp3) is 1.00. The van der Waals surface area contributed by atoms with Crippen LogP contribution in [-0.2, 0) is 10.2 Å². The molecule has 4 nitrogen and oxygen atoms in total. The minimum atomic E-state index is -3.28. The van der Waals surface area contributed by atoms with Gasteiger partial charge in [-0.15, -0.1) is 0 Å². The van der Waals surface area contributed by atoms with E-state index in [0.717, 1.165) is 0 Å². The Hall–Kier alpha value is -0.130. The van der Waals surface area contributed by atoms with Crippen molar-refractivity contribution in [3.63, 3.8) is 0 Å². The first-order chi connectivity index (χ1) is 9.16. The second kappa shape index (κ2) is 7.60. The van der Waals surface area contributed by atoms with E-state index in [1.165, 1.54) is 64.2 Å². The van der Waals surface area contributed by atoms with Crippen molar-refractivity contribution in [2.75, 3.05) is 13.1 Å². The number of nitrogens with one attached hydrogen (secondary N) is 2. The van der Waals surface area contributed by atoms with Crippen LogP contribution in [0.5, 0.6) is 0 Å². The minimum Gasteiger partial charge on any atom is -0.202 e. The van der Waals surface area contributed by atoms with Crippen LogP contribution in [0.4, 0.5) is 0 Å². The highest BCUT2D eigenvalue weighted by Gasteiger charge is 2.19. The maximum Gasteiger partial charge on any atom is 0.276 e. The lowest BCUT2D eigenvalue weighted by Crippen LogP contribution is -2.41. The van der Waals surface area contributed by atoms with E-state index in [0.29, 0.717) is 24.9 Å².